The van der Waals surface area contributed by atoms with Gasteiger partial charge in [-0.1, -0.05) is 15.9 Å². The standard InChI is InChI=1S/C8H6BrF3N2O3/c1-4-7(14(15)16)5(3-9)2-6(13-4)17-8(10,11)12/h2H,3H2,1H3. The first-order valence-corrected chi connectivity index (χ1v) is 5.33. The van der Waals surface area contributed by atoms with Gasteiger partial charge in [-0.05, 0) is 6.92 Å². The lowest BCUT2D eigenvalue weighted by Crippen LogP contribution is -2.18. The maximum Gasteiger partial charge on any atom is 0.574 e. The molecule has 0 unspecified atom stereocenters. The van der Waals surface area contributed by atoms with E-state index in [9.17, 15) is 23.3 Å². The van der Waals surface area contributed by atoms with E-state index < -0.39 is 17.2 Å². The Balaban J connectivity index is 3.23. The molecule has 0 aromatic carbocycles. The number of ether oxygens (including phenoxy) is 1. The zero-order valence-electron chi connectivity index (χ0n) is 8.42. The topological polar surface area (TPSA) is 65.3 Å². The minimum atomic E-state index is -4.88. The third-order valence-electron chi connectivity index (χ3n) is 1.77. The van der Waals surface area contributed by atoms with Crippen LogP contribution >= 0.6 is 15.9 Å². The molecule has 0 atom stereocenters. The summed E-state index contributed by atoms with van der Waals surface area (Å²) < 4.78 is 39.5. The lowest BCUT2D eigenvalue weighted by Gasteiger charge is -2.10. The van der Waals surface area contributed by atoms with Crippen molar-refractivity contribution in [2.24, 2.45) is 0 Å². The Kier molecular flexibility index (Phi) is 3.91. The average molecular weight is 315 g/mol. The number of halogens is 4. The second-order valence-corrected chi connectivity index (χ2v) is 3.55. The lowest BCUT2D eigenvalue weighted by atomic mass is 10.2. The first kappa shape index (κ1) is 13.7. The number of nitro groups is 1. The number of hydrogen-bond acceptors (Lipinski definition) is 4. The van der Waals surface area contributed by atoms with Crippen LogP contribution in [0.4, 0.5) is 18.9 Å². The highest BCUT2D eigenvalue weighted by Gasteiger charge is 2.33. The van der Waals surface area contributed by atoms with E-state index in [4.69, 9.17) is 0 Å². The summed E-state index contributed by atoms with van der Waals surface area (Å²) in [6.07, 6.45) is -4.88. The quantitative estimate of drug-likeness (QED) is 0.488. The number of rotatable bonds is 3. The zero-order valence-corrected chi connectivity index (χ0v) is 10.0. The molecule has 0 saturated heterocycles. The van der Waals surface area contributed by atoms with Crippen molar-refractivity contribution in [2.45, 2.75) is 18.6 Å². The van der Waals surface area contributed by atoms with Gasteiger partial charge in [0.1, 0.15) is 5.69 Å². The van der Waals surface area contributed by atoms with Crippen LogP contribution in [0.15, 0.2) is 6.07 Å². The average Bonchev–Trinajstić information content (AvgIpc) is 2.12. The fraction of sp³-hybridized carbons (Fsp3) is 0.375. The Hall–Kier alpha value is -1.38. The Morgan fingerprint density at radius 3 is 2.59 bits per heavy atom. The fourth-order valence-electron chi connectivity index (χ4n) is 1.22. The maximum atomic E-state index is 12.0. The van der Waals surface area contributed by atoms with Gasteiger partial charge in [0.2, 0.25) is 5.88 Å². The molecule has 0 fully saturated rings. The van der Waals surface area contributed by atoms with Crippen molar-refractivity contribution in [3.8, 4) is 5.88 Å². The van der Waals surface area contributed by atoms with Gasteiger partial charge in [0.25, 0.3) is 5.69 Å². The van der Waals surface area contributed by atoms with Gasteiger partial charge < -0.3 is 4.74 Å². The molecule has 0 aliphatic carbocycles. The molecule has 9 heteroatoms. The highest BCUT2D eigenvalue weighted by Crippen LogP contribution is 2.30. The van der Waals surface area contributed by atoms with Crippen LogP contribution in [0.2, 0.25) is 0 Å². The molecule has 0 aliphatic heterocycles. The lowest BCUT2D eigenvalue weighted by molar-refractivity contribution is -0.386. The molecule has 1 aromatic heterocycles. The molecule has 0 saturated carbocycles. The largest absolute Gasteiger partial charge is 0.574 e. The summed E-state index contributed by atoms with van der Waals surface area (Å²) in [5, 5.41) is 10.7. The molecular formula is C8H6BrF3N2O3. The van der Waals surface area contributed by atoms with E-state index in [1.165, 1.54) is 6.92 Å². The van der Waals surface area contributed by atoms with Crippen molar-refractivity contribution in [1.29, 1.82) is 0 Å². The predicted octanol–water partition coefficient (Wildman–Crippen LogP) is 3.09. The fourth-order valence-corrected chi connectivity index (χ4v) is 1.65. The smallest absolute Gasteiger partial charge is 0.388 e. The summed E-state index contributed by atoms with van der Waals surface area (Å²) in [4.78, 5) is 13.4. The second kappa shape index (κ2) is 4.86. The molecule has 1 heterocycles. The van der Waals surface area contributed by atoms with Crippen molar-refractivity contribution in [2.75, 3.05) is 0 Å². The molecule has 94 valence electrons. The summed E-state index contributed by atoms with van der Waals surface area (Å²) in [6, 6.07) is 0.882. The van der Waals surface area contributed by atoms with Crippen LogP contribution in [-0.2, 0) is 5.33 Å². The third kappa shape index (κ3) is 3.55. The third-order valence-corrected chi connectivity index (χ3v) is 2.37. The van der Waals surface area contributed by atoms with Crippen LogP contribution in [0.1, 0.15) is 11.3 Å². The minimum Gasteiger partial charge on any atom is -0.388 e. The molecule has 0 radical (unpaired) electrons. The van der Waals surface area contributed by atoms with Crippen LogP contribution in [0, 0.1) is 17.0 Å². The number of aryl methyl sites for hydroxylation is 1. The van der Waals surface area contributed by atoms with Gasteiger partial charge >= 0.3 is 6.36 Å². The number of pyridine rings is 1. The van der Waals surface area contributed by atoms with Crippen molar-refractivity contribution < 1.29 is 22.8 Å². The molecular weight excluding hydrogens is 309 g/mol. The maximum absolute atomic E-state index is 12.0. The van der Waals surface area contributed by atoms with Gasteiger partial charge in [0, 0.05) is 17.0 Å². The summed E-state index contributed by atoms with van der Waals surface area (Å²) in [5.41, 5.74) is -0.385. The Labute approximate surface area is 102 Å². The van der Waals surface area contributed by atoms with Crippen molar-refractivity contribution >= 4 is 21.6 Å². The summed E-state index contributed by atoms with van der Waals surface area (Å²) >= 11 is 2.96. The SMILES string of the molecule is Cc1nc(OC(F)(F)F)cc(CBr)c1[N+](=O)[O-]. The molecule has 17 heavy (non-hydrogen) atoms. The van der Waals surface area contributed by atoms with Crippen LogP contribution in [0.3, 0.4) is 0 Å². The van der Waals surface area contributed by atoms with E-state index in [0.29, 0.717) is 0 Å². The van der Waals surface area contributed by atoms with Crippen LogP contribution in [0.5, 0.6) is 5.88 Å². The molecule has 0 spiro atoms. The van der Waals surface area contributed by atoms with Crippen molar-refractivity contribution in [3.05, 3.63) is 27.4 Å². The normalized spacial score (nSPS) is 11.4. The predicted molar refractivity (Wildman–Crippen MR) is 54.9 cm³/mol. The minimum absolute atomic E-state index is 0.0287. The highest BCUT2D eigenvalue weighted by atomic mass is 79.9. The van der Waals surface area contributed by atoms with E-state index in [-0.39, 0.29) is 22.3 Å². The Morgan fingerprint density at radius 1 is 1.59 bits per heavy atom. The first-order chi connectivity index (χ1) is 7.74. The van der Waals surface area contributed by atoms with E-state index >= 15 is 0 Å². The number of aromatic nitrogens is 1. The summed E-state index contributed by atoms with van der Waals surface area (Å²) in [5.74, 6) is -0.713. The second-order valence-electron chi connectivity index (χ2n) is 2.99. The molecule has 1 aromatic rings. The van der Waals surface area contributed by atoms with Gasteiger partial charge in [-0.3, -0.25) is 10.1 Å². The number of alkyl halides is 4. The summed E-state index contributed by atoms with van der Waals surface area (Å²) in [7, 11) is 0. The zero-order chi connectivity index (χ0) is 13.2. The van der Waals surface area contributed by atoms with Crippen LogP contribution in [-0.4, -0.2) is 16.3 Å². The molecule has 1 rings (SSSR count). The monoisotopic (exact) mass is 314 g/mol. The molecule has 5 nitrogen and oxygen atoms in total. The van der Waals surface area contributed by atoms with E-state index in [0.717, 1.165) is 6.07 Å². The van der Waals surface area contributed by atoms with Gasteiger partial charge in [-0.25, -0.2) is 4.98 Å². The van der Waals surface area contributed by atoms with Gasteiger partial charge in [-0.2, -0.15) is 0 Å². The van der Waals surface area contributed by atoms with Crippen molar-refractivity contribution in [3.63, 3.8) is 0 Å². The highest BCUT2D eigenvalue weighted by molar-refractivity contribution is 9.08. The van der Waals surface area contributed by atoms with E-state index in [2.05, 4.69) is 25.7 Å². The van der Waals surface area contributed by atoms with Crippen molar-refractivity contribution in [1.82, 2.24) is 4.98 Å². The van der Waals surface area contributed by atoms with E-state index in [1.54, 1.807) is 0 Å². The van der Waals surface area contributed by atoms with Crippen LogP contribution in [0.25, 0.3) is 0 Å². The van der Waals surface area contributed by atoms with Gasteiger partial charge in [-0.15, -0.1) is 13.2 Å². The van der Waals surface area contributed by atoms with Gasteiger partial charge in [0.15, 0.2) is 0 Å². The molecule has 0 bridgehead atoms. The number of hydrogen-bond donors (Lipinski definition) is 0. The molecule has 0 amide bonds. The molecule has 0 aliphatic rings. The summed E-state index contributed by atoms with van der Waals surface area (Å²) in [6.45, 7) is 1.24. The van der Waals surface area contributed by atoms with Gasteiger partial charge in [0.05, 0.1) is 4.92 Å². The molecule has 0 N–H and O–H groups in total. The van der Waals surface area contributed by atoms with Crippen LogP contribution < -0.4 is 4.74 Å². The first-order valence-electron chi connectivity index (χ1n) is 4.21. The Morgan fingerprint density at radius 2 is 2.18 bits per heavy atom. The number of nitrogens with zero attached hydrogens (tertiary/aromatic N) is 2. The Bertz CT molecular complexity index is 450. The van der Waals surface area contributed by atoms with E-state index in [1.807, 2.05) is 0 Å².